The van der Waals surface area contributed by atoms with Gasteiger partial charge in [0, 0.05) is 29.1 Å². The van der Waals surface area contributed by atoms with E-state index in [9.17, 15) is 19.7 Å². The highest BCUT2D eigenvalue weighted by Gasteiger charge is 2.34. The van der Waals surface area contributed by atoms with E-state index in [1.54, 1.807) is 11.8 Å². The number of benzene rings is 3. The number of carbonyl (C=O) groups excluding carboxylic acids is 2. The lowest BCUT2D eigenvalue weighted by atomic mass is 10.1. The van der Waals surface area contributed by atoms with Gasteiger partial charge < -0.3 is 5.32 Å². The number of hydrogen-bond donors (Lipinski definition) is 1. The van der Waals surface area contributed by atoms with Crippen molar-refractivity contribution in [1.82, 2.24) is 0 Å². The quantitative estimate of drug-likeness (QED) is 0.423. The Morgan fingerprint density at radius 1 is 1.00 bits per heavy atom. The number of nitro groups is 1. The Balaban J connectivity index is 1.31. The van der Waals surface area contributed by atoms with Gasteiger partial charge in [-0.25, -0.2) is 0 Å². The summed E-state index contributed by atoms with van der Waals surface area (Å²) in [7, 11) is 0. The highest BCUT2D eigenvalue weighted by Crippen LogP contribution is 2.43. The van der Waals surface area contributed by atoms with Crippen LogP contribution in [-0.2, 0) is 17.6 Å². The van der Waals surface area contributed by atoms with Crippen molar-refractivity contribution in [3.05, 3.63) is 99.1 Å². The van der Waals surface area contributed by atoms with Crippen LogP contribution in [0.15, 0.2) is 66.7 Å². The van der Waals surface area contributed by atoms with E-state index in [4.69, 9.17) is 0 Å². The molecule has 1 unspecified atom stereocenters. The molecule has 1 heterocycles. The molecule has 0 aromatic heterocycles. The Bertz CT molecular complexity index is 1240. The topological polar surface area (TPSA) is 92.6 Å². The van der Waals surface area contributed by atoms with Gasteiger partial charge in [-0.2, -0.15) is 0 Å². The van der Waals surface area contributed by atoms with Crippen LogP contribution in [0.4, 0.5) is 17.1 Å². The largest absolute Gasteiger partial charge is 0.322 e. The summed E-state index contributed by atoms with van der Waals surface area (Å²) < 4.78 is 0. The molecule has 3 aromatic carbocycles. The molecule has 33 heavy (non-hydrogen) atoms. The Morgan fingerprint density at radius 2 is 1.73 bits per heavy atom. The van der Waals surface area contributed by atoms with E-state index in [-0.39, 0.29) is 22.9 Å². The van der Waals surface area contributed by atoms with Crippen LogP contribution in [0.1, 0.15) is 38.8 Å². The average molecular weight is 460 g/mol. The number of aryl methyl sites for hydroxylation is 2. The molecule has 5 rings (SSSR count). The molecule has 1 atom stereocenters. The highest BCUT2D eigenvalue weighted by atomic mass is 32.2. The van der Waals surface area contributed by atoms with Gasteiger partial charge >= 0.3 is 0 Å². The predicted molar refractivity (Wildman–Crippen MR) is 129 cm³/mol. The molecule has 166 valence electrons. The molecule has 7 nitrogen and oxygen atoms in total. The van der Waals surface area contributed by atoms with Crippen molar-refractivity contribution >= 4 is 40.6 Å². The van der Waals surface area contributed by atoms with E-state index in [0.717, 1.165) is 30.5 Å². The van der Waals surface area contributed by atoms with Crippen LogP contribution in [0, 0.1) is 10.1 Å². The van der Waals surface area contributed by atoms with Crippen LogP contribution in [-0.4, -0.2) is 22.5 Å². The maximum atomic E-state index is 12.7. The monoisotopic (exact) mass is 459 g/mol. The number of nitrogens with one attached hydrogen (secondary N) is 1. The first-order chi connectivity index (χ1) is 16.0. The summed E-state index contributed by atoms with van der Waals surface area (Å²) in [5.41, 5.74) is 5.52. The standard InChI is InChI=1S/C25H21N3O4S/c29-23-15-33-25(27(23)22-13-6-16-2-1-3-19(16)14-22)18-4-9-20(10-5-18)26-24(30)17-7-11-21(12-8-17)28(31)32/h4-14,25H,1-3,15H2,(H,26,30). The predicted octanol–water partition coefficient (Wildman–Crippen LogP) is 5.11. The Labute approximate surface area is 194 Å². The third-order valence-electron chi connectivity index (χ3n) is 6.02. The molecule has 0 radical (unpaired) electrons. The van der Waals surface area contributed by atoms with Crippen molar-refractivity contribution in [2.24, 2.45) is 0 Å². The van der Waals surface area contributed by atoms with Gasteiger partial charge in [0.15, 0.2) is 0 Å². The van der Waals surface area contributed by atoms with Crippen LogP contribution in [0.25, 0.3) is 0 Å². The van der Waals surface area contributed by atoms with Gasteiger partial charge in [-0.1, -0.05) is 18.2 Å². The number of rotatable bonds is 5. The van der Waals surface area contributed by atoms with Crippen molar-refractivity contribution in [3.8, 4) is 0 Å². The third-order valence-corrected chi connectivity index (χ3v) is 7.23. The van der Waals surface area contributed by atoms with Crippen molar-refractivity contribution < 1.29 is 14.5 Å². The first-order valence-electron chi connectivity index (χ1n) is 10.7. The summed E-state index contributed by atoms with van der Waals surface area (Å²) in [6.45, 7) is 0. The smallest absolute Gasteiger partial charge is 0.269 e. The summed E-state index contributed by atoms with van der Waals surface area (Å²) in [6.07, 6.45) is 3.33. The number of nitrogens with zero attached hydrogens (tertiary/aromatic N) is 2. The average Bonchev–Trinajstić information content (AvgIpc) is 3.45. The van der Waals surface area contributed by atoms with E-state index in [1.807, 2.05) is 35.2 Å². The first kappa shape index (κ1) is 21.2. The van der Waals surface area contributed by atoms with Crippen LogP contribution < -0.4 is 10.2 Å². The van der Waals surface area contributed by atoms with Crippen LogP contribution in [0.3, 0.4) is 0 Å². The molecular formula is C25H21N3O4S. The molecule has 1 aliphatic heterocycles. The number of carbonyl (C=O) groups is 2. The second-order valence-electron chi connectivity index (χ2n) is 8.11. The molecule has 1 fully saturated rings. The molecular weight excluding hydrogens is 438 g/mol. The van der Waals surface area contributed by atoms with Crippen LogP contribution in [0.2, 0.25) is 0 Å². The van der Waals surface area contributed by atoms with E-state index in [0.29, 0.717) is 17.0 Å². The molecule has 2 amide bonds. The lowest BCUT2D eigenvalue weighted by molar-refractivity contribution is -0.384. The molecule has 2 aliphatic rings. The van der Waals surface area contributed by atoms with Crippen molar-refractivity contribution in [2.45, 2.75) is 24.6 Å². The molecule has 1 aliphatic carbocycles. The van der Waals surface area contributed by atoms with Gasteiger partial charge in [0.1, 0.15) is 5.37 Å². The minimum atomic E-state index is -0.502. The van der Waals surface area contributed by atoms with E-state index in [2.05, 4.69) is 17.4 Å². The fourth-order valence-electron chi connectivity index (χ4n) is 4.33. The third kappa shape index (κ3) is 4.21. The molecule has 1 saturated heterocycles. The van der Waals surface area contributed by atoms with E-state index < -0.39 is 4.92 Å². The number of hydrogen-bond acceptors (Lipinski definition) is 5. The van der Waals surface area contributed by atoms with Gasteiger partial charge in [-0.3, -0.25) is 24.6 Å². The summed E-state index contributed by atoms with van der Waals surface area (Å²) in [6, 6.07) is 19.3. The van der Waals surface area contributed by atoms with Crippen LogP contribution >= 0.6 is 11.8 Å². The summed E-state index contributed by atoms with van der Waals surface area (Å²) in [5, 5.41) is 13.5. The van der Waals surface area contributed by atoms with Gasteiger partial charge in [0.05, 0.1) is 10.7 Å². The SMILES string of the molecule is O=C(Nc1ccc(C2SCC(=O)N2c2ccc3c(c2)CCC3)cc1)c1ccc([N+](=O)[O-])cc1. The van der Waals surface area contributed by atoms with E-state index in [1.165, 1.54) is 35.4 Å². The maximum absolute atomic E-state index is 12.7. The van der Waals surface area contributed by atoms with Crippen LogP contribution in [0.5, 0.6) is 0 Å². The van der Waals surface area contributed by atoms with Crippen molar-refractivity contribution in [3.63, 3.8) is 0 Å². The normalized spacial score (nSPS) is 17.2. The molecule has 0 spiro atoms. The maximum Gasteiger partial charge on any atom is 0.269 e. The fraction of sp³-hybridized carbons (Fsp3) is 0.200. The number of anilines is 2. The molecule has 3 aromatic rings. The summed E-state index contributed by atoms with van der Waals surface area (Å²) in [4.78, 5) is 37.3. The van der Waals surface area contributed by atoms with Gasteiger partial charge in [0.2, 0.25) is 5.91 Å². The second-order valence-corrected chi connectivity index (χ2v) is 9.18. The highest BCUT2D eigenvalue weighted by molar-refractivity contribution is 8.00. The van der Waals surface area contributed by atoms with Gasteiger partial charge in [-0.05, 0) is 72.4 Å². The lowest BCUT2D eigenvalue weighted by Crippen LogP contribution is -2.27. The van der Waals surface area contributed by atoms with Gasteiger partial charge in [0.25, 0.3) is 11.6 Å². The molecule has 0 saturated carbocycles. The Morgan fingerprint density at radius 3 is 2.45 bits per heavy atom. The second kappa shape index (κ2) is 8.71. The zero-order chi connectivity index (χ0) is 22.9. The zero-order valence-corrected chi connectivity index (χ0v) is 18.5. The fourth-order valence-corrected chi connectivity index (χ4v) is 5.50. The first-order valence-corrected chi connectivity index (χ1v) is 11.8. The number of amides is 2. The van der Waals surface area contributed by atoms with Crippen molar-refractivity contribution in [2.75, 3.05) is 16.0 Å². The number of thioether (sulfide) groups is 1. The zero-order valence-electron chi connectivity index (χ0n) is 17.7. The Kier molecular flexibility index (Phi) is 5.60. The molecule has 1 N–H and O–H groups in total. The summed E-state index contributed by atoms with van der Waals surface area (Å²) in [5.74, 6) is 0.182. The minimum absolute atomic E-state index is 0.0626. The minimum Gasteiger partial charge on any atom is -0.322 e. The molecule has 0 bridgehead atoms. The lowest BCUT2D eigenvalue weighted by Gasteiger charge is -2.25. The number of non-ortho nitro benzene ring substituents is 1. The number of fused-ring (bicyclic) bond motifs is 1. The van der Waals surface area contributed by atoms with E-state index >= 15 is 0 Å². The van der Waals surface area contributed by atoms with Crippen molar-refractivity contribution in [1.29, 1.82) is 0 Å². The molecule has 8 heteroatoms. The Hall–Kier alpha value is -3.65. The summed E-state index contributed by atoms with van der Waals surface area (Å²) >= 11 is 1.59. The number of nitro benzene ring substituents is 1. The van der Waals surface area contributed by atoms with Gasteiger partial charge in [-0.15, -0.1) is 11.8 Å².